The molecule has 0 aliphatic heterocycles. The average Bonchev–Trinajstić information content (AvgIpc) is 3.72. The third-order valence-electron chi connectivity index (χ3n) is 20.4. The lowest BCUT2D eigenvalue weighted by atomic mass is 10.0. The van der Waals surface area contributed by atoms with E-state index in [1.807, 2.05) is 0 Å². The van der Waals surface area contributed by atoms with Gasteiger partial charge in [-0.15, -0.1) is 0 Å². The number of hydrogen-bond donors (Lipinski definition) is 3. The standard InChI is InChI=1S/C84H167NO5/c1-3-5-7-9-11-13-15-17-19-20-42-45-49-52-56-60-64-68-72-76-82(87)81(80-86)85-83(88)77-73-69-65-61-57-53-50-46-43-40-38-36-34-32-30-28-26-24-22-21-23-25-27-29-31-33-35-37-39-41-44-47-51-55-59-63-67-71-75-79-90-84(89)78-74-70-66-62-58-54-48-18-16-14-12-10-8-6-4-2/h81-82,86-87H,3-80H2,1-2H3,(H,85,88). The molecule has 0 aliphatic rings. The molecule has 6 nitrogen and oxygen atoms in total. The molecular weight excluding hydrogens is 1100 g/mol. The number of hydrogen-bond acceptors (Lipinski definition) is 5. The van der Waals surface area contributed by atoms with Crippen molar-refractivity contribution in [2.45, 2.75) is 514 Å². The Bertz CT molecular complexity index is 1320. The van der Waals surface area contributed by atoms with E-state index in [4.69, 9.17) is 4.74 Å². The number of esters is 1. The molecule has 1 amide bonds. The number of carbonyl (C=O) groups is 2. The normalized spacial score (nSPS) is 12.4. The second kappa shape index (κ2) is 80.3. The minimum Gasteiger partial charge on any atom is -0.466 e. The summed E-state index contributed by atoms with van der Waals surface area (Å²) in [5.74, 6) is 0.00549. The van der Waals surface area contributed by atoms with E-state index >= 15 is 0 Å². The molecule has 2 atom stereocenters. The third-order valence-corrected chi connectivity index (χ3v) is 20.4. The van der Waals surface area contributed by atoms with E-state index in [-0.39, 0.29) is 18.5 Å². The van der Waals surface area contributed by atoms with Crippen molar-refractivity contribution in [3.63, 3.8) is 0 Å². The van der Waals surface area contributed by atoms with Gasteiger partial charge in [-0.1, -0.05) is 463 Å². The van der Waals surface area contributed by atoms with E-state index in [2.05, 4.69) is 19.2 Å². The van der Waals surface area contributed by atoms with E-state index in [0.717, 1.165) is 38.5 Å². The molecule has 0 spiro atoms. The third kappa shape index (κ3) is 75.9. The lowest BCUT2D eigenvalue weighted by molar-refractivity contribution is -0.143. The van der Waals surface area contributed by atoms with E-state index in [1.54, 1.807) is 0 Å². The number of amides is 1. The quantitative estimate of drug-likeness (QED) is 0.0417. The summed E-state index contributed by atoms with van der Waals surface area (Å²) in [7, 11) is 0. The highest BCUT2D eigenvalue weighted by Crippen LogP contribution is 2.21. The number of nitrogens with one attached hydrogen (secondary N) is 1. The summed E-state index contributed by atoms with van der Waals surface area (Å²) in [6.45, 7) is 5.02. The Hall–Kier alpha value is -1.14. The fraction of sp³-hybridized carbons (Fsp3) is 0.976. The molecule has 0 aromatic carbocycles. The SMILES string of the molecule is CCCCCCCCCCCCCCCCCCCCCC(O)C(CO)NC(=O)CCCCCCCCCCCCCCCCCCCCCCCCCCCCCCCCCCCCCCCCCOC(=O)CCCCCCCCCCCCCCCCC. The molecule has 90 heavy (non-hydrogen) atoms. The van der Waals surface area contributed by atoms with Crippen molar-refractivity contribution in [1.82, 2.24) is 5.32 Å². The molecule has 0 saturated carbocycles. The van der Waals surface area contributed by atoms with Crippen LogP contribution < -0.4 is 5.32 Å². The Labute approximate surface area is 566 Å². The highest BCUT2D eigenvalue weighted by molar-refractivity contribution is 5.76. The molecular formula is C84H167NO5. The van der Waals surface area contributed by atoms with Crippen LogP contribution in [0.5, 0.6) is 0 Å². The summed E-state index contributed by atoms with van der Waals surface area (Å²) in [4.78, 5) is 24.7. The first-order valence-corrected chi connectivity index (χ1v) is 42.3. The van der Waals surface area contributed by atoms with Gasteiger partial charge in [-0.2, -0.15) is 0 Å². The predicted molar refractivity (Wildman–Crippen MR) is 398 cm³/mol. The molecule has 0 heterocycles. The van der Waals surface area contributed by atoms with Gasteiger partial charge in [0.05, 0.1) is 25.4 Å². The van der Waals surface area contributed by atoms with E-state index in [1.165, 1.54) is 430 Å². The maximum Gasteiger partial charge on any atom is 0.305 e. The smallest absolute Gasteiger partial charge is 0.305 e. The Morgan fingerprint density at radius 2 is 0.456 bits per heavy atom. The van der Waals surface area contributed by atoms with Gasteiger partial charge in [-0.3, -0.25) is 9.59 Å². The number of aliphatic hydroxyl groups excluding tert-OH is 2. The highest BCUT2D eigenvalue weighted by atomic mass is 16.5. The van der Waals surface area contributed by atoms with Crippen LogP contribution in [0.25, 0.3) is 0 Å². The van der Waals surface area contributed by atoms with E-state index in [0.29, 0.717) is 25.9 Å². The first kappa shape index (κ1) is 88.9. The van der Waals surface area contributed by atoms with Gasteiger partial charge < -0.3 is 20.3 Å². The van der Waals surface area contributed by atoms with E-state index < -0.39 is 12.1 Å². The van der Waals surface area contributed by atoms with Crippen LogP contribution in [0.4, 0.5) is 0 Å². The van der Waals surface area contributed by atoms with Gasteiger partial charge in [0.15, 0.2) is 0 Å². The van der Waals surface area contributed by atoms with Crippen molar-refractivity contribution in [3.8, 4) is 0 Å². The molecule has 2 unspecified atom stereocenters. The van der Waals surface area contributed by atoms with Crippen molar-refractivity contribution in [3.05, 3.63) is 0 Å². The summed E-state index contributed by atoms with van der Waals surface area (Å²) in [5.41, 5.74) is 0. The Kier molecular flexibility index (Phi) is 79.3. The first-order chi connectivity index (χ1) is 44.5. The zero-order valence-electron chi connectivity index (χ0n) is 61.9. The molecule has 0 rings (SSSR count). The maximum atomic E-state index is 12.6. The van der Waals surface area contributed by atoms with Crippen LogP contribution in [0, 0.1) is 0 Å². The molecule has 0 fully saturated rings. The Morgan fingerprint density at radius 3 is 0.678 bits per heavy atom. The topological polar surface area (TPSA) is 95.9 Å². The fourth-order valence-electron chi connectivity index (χ4n) is 14.0. The van der Waals surface area contributed by atoms with E-state index in [9.17, 15) is 19.8 Å². The van der Waals surface area contributed by atoms with Crippen LogP contribution in [-0.2, 0) is 14.3 Å². The number of aliphatic hydroxyl groups is 2. The van der Waals surface area contributed by atoms with Gasteiger partial charge in [-0.05, 0) is 25.7 Å². The minimum absolute atomic E-state index is 0.0230. The van der Waals surface area contributed by atoms with Gasteiger partial charge in [0.1, 0.15) is 0 Å². The van der Waals surface area contributed by atoms with Gasteiger partial charge in [0.25, 0.3) is 0 Å². The molecule has 0 aromatic heterocycles. The van der Waals surface area contributed by atoms with Gasteiger partial charge in [0.2, 0.25) is 5.91 Å². The van der Waals surface area contributed by atoms with Crippen LogP contribution >= 0.6 is 0 Å². The van der Waals surface area contributed by atoms with Crippen molar-refractivity contribution in [1.29, 1.82) is 0 Å². The fourth-order valence-corrected chi connectivity index (χ4v) is 14.0. The Balaban J connectivity index is 3.28. The molecule has 0 saturated heterocycles. The van der Waals surface area contributed by atoms with Crippen LogP contribution in [0.3, 0.4) is 0 Å². The van der Waals surface area contributed by atoms with Gasteiger partial charge in [0, 0.05) is 12.8 Å². The van der Waals surface area contributed by atoms with Crippen molar-refractivity contribution in [2.24, 2.45) is 0 Å². The lowest BCUT2D eigenvalue weighted by Gasteiger charge is -2.22. The molecule has 0 aromatic rings. The van der Waals surface area contributed by atoms with Gasteiger partial charge in [-0.25, -0.2) is 0 Å². The number of unbranched alkanes of at least 4 members (excludes halogenated alkanes) is 70. The maximum absolute atomic E-state index is 12.6. The zero-order valence-corrected chi connectivity index (χ0v) is 61.9. The summed E-state index contributed by atoms with van der Waals surface area (Å²) in [6, 6.07) is -0.536. The van der Waals surface area contributed by atoms with Crippen molar-refractivity contribution in [2.75, 3.05) is 13.2 Å². The molecule has 0 aliphatic carbocycles. The lowest BCUT2D eigenvalue weighted by Crippen LogP contribution is -2.45. The predicted octanol–water partition coefficient (Wildman–Crippen LogP) is 28.1. The summed E-state index contributed by atoms with van der Waals surface area (Å²) < 4.78 is 5.51. The summed E-state index contributed by atoms with van der Waals surface area (Å²) >= 11 is 0. The number of ether oxygens (including phenoxy) is 1. The molecule has 3 N–H and O–H groups in total. The van der Waals surface area contributed by atoms with Crippen LogP contribution in [0.2, 0.25) is 0 Å². The molecule has 538 valence electrons. The largest absolute Gasteiger partial charge is 0.466 e. The summed E-state index contributed by atoms with van der Waals surface area (Å²) in [6.07, 6.45) is 101. The second-order valence-electron chi connectivity index (χ2n) is 29.5. The number of carbonyl (C=O) groups excluding carboxylic acids is 2. The summed E-state index contributed by atoms with van der Waals surface area (Å²) in [5, 5.41) is 23.4. The zero-order chi connectivity index (χ0) is 64.9. The monoisotopic (exact) mass is 1270 g/mol. The second-order valence-corrected chi connectivity index (χ2v) is 29.5. The molecule has 0 bridgehead atoms. The van der Waals surface area contributed by atoms with Crippen LogP contribution in [-0.4, -0.2) is 47.4 Å². The minimum atomic E-state index is -0.660. The van der Waals surface area contributed by atoms with Crippen LogP contribution in [0.1, 0.15) is 502 Å². The average molecular weight is 1270 g/mol. The molecule has 0 radical (unpaired) electrons. The Morgan fingerprint density at radius 1 is 0.267 bits per heavy atom. The highest BCUT2D eigenvalue weighted by Gasteiger charge is 2.20. The van der Waals surface area contributed by atoms with Crippen LogP contribution in [0.15, 0.2) is 0 Å². The number of rotatable bonds is 81. The van der Waals surface area contributed by atoms with Crippen molar-refractivity contribution >= 4 is 11.9 Å². The molecule has 6 heteroatoms. The van der Waals surface area contributed by atoms with Crippen molar-refractivity contribution < 1.29 is 24.5 Å². The first-order valence-electron chi connectivity index (χ1n) is 42.3. The van der Waals surface area contributed by atoms with Gasteiger partial charge >= 0.3 is 5.97 Å².